The molecule has 8 N–H and O–H groups in total. The minimum Gasteiger partial charge on any atom is -0.481 e. The smallest absolute Gasteiger partial charge is 0.326 e. The van der Waals surface area contributed by atoms with Crippen LogP contribution in [0.4, 0.5) is 0 Å². The minimum absolute atomic E-state index is 0.0791. The van der Waals surface area contributed by atoms with Gasteiger partial charge in [-0.15, -0.1) is 0 Å². The fourth-order valence-electron chi connectivity index (χ4n) is 3.21. The van der Waals surface area contributed by atoms with Gasteiger partial charge in [-0.05, 0) is 11.5 Å². The number of carboxylic acid groups (broad SMARTS) is 3. The average Bonchev–Trinajstić information content (AvgIpc) is 2.80. The Labute approximate surface area is 207 Å². The summed E-state index contributed by atoms with van der Waals surface area (Å²) in [6.07, 6.45) is -1.21. The van der Waals surface area contributed by atoms with E-state index < -0.39 is 78.6 Å². The van der Waals surface area contributed by atoms with Crippen molar-refractivity contribution in [2.75, 3.05) is 0 Å². The molecule has 0 aliphatic rings. The molecule has 1 aromatic rings. The number of rotatable bonds is 15. The molecular formula is C23H32N4O9. The van der Waals surface area contributed by atoms with E-state index in [0.717, 1.165) is 0 Å². The molecule has 36 heavy (non-hydrogen) atoms. The normalized spacial score (nSPS) is 14.9. The first-order valence-electron chi connectivity index (χ1n) is 11.2. The predicted octanol–water partition coefficient (Wildman–Crippen LogP) is -0.909. The van der Waals surface area contributed by atoms with Crippen molar-refractivity contribution in [3.8, 4) is 0 Å². The topological polar surface area (TPSA) is 225 Å². The van der Waals surface area contributed by atoms with Gasteiger partial charge in [-0.2, -0.15) is 0 Å². The molecule has 0 aliphatic heterocycles. The molecule has 13 heteroatoms. The Morgan fingerprint density at radius 2 is 1.33 bits per heavy atom. The maximum Gasteiger partial charge on any atom is 0.326 e. The van der Waals surface area contributed by atoms with Crippen molar-refractivity contribution in [3.05, 3.63) is 35.9 Å². The molecule has 0 fully saturated rings. The summed E-state index contributed by atoms with van der Waals surface area (Å²) >= 11 is 0. The lowest BCUT2D eigenvalue weighted by Gasteiger charge is -2.26. The number of benzene rings is 1. The second-order valence-corrected chi connectivity index (χ2v) is 8.32. The Morgan fingerprint density at radius 1 is 0.806 bits per heavy atom. The molecule has 13 nitrogen and oxygen atoms in total. The molecule has 0 heterocycles. The molecule has 1 aromatic carbocycles. The van der Waals surface area contributed by atoms with Gasteiger partial charge in [0.15, 0.2) is 0 Å². The Kier molecular flexibility index (Phi) is 12.0. The molecule has 198 valence electrons. The fraction of sp³-hybridized carbons (Fsp3) is 0.478. The van der Waals surface area contributed by atoms with E-state index in [1.807, 2.05) is 0 Å². The molecule has 0 saturated carbocycles. The fourth-order valence-corrected chi connectivity index (χ4v) is 3.21. The number of aliphatic carboxylic acids is 3. The van der Waals surface area contributed by atoms with Crippen LogP contribution in [0, 0.1) is 5.92 Å². The van der Waals surface area contributed by atoms with E-state index in [-0.39, 0.29) is 6.42 Å². The first-order chi connectivity index (χ1) is 16.8. The lowest BCUT2D eigenvalue weighted by atomic mass is 9.98. The van der Waals surface area contributed by atoms with Gasteiger partial charge in [0, 0.05) is 6.42 Å². The zero-order valence-corrected chi connectivity index (χ0v) is 20.0. The van der Waals surface area contributed by atoms with Crippen LogP contribution in [0.2, 0.25) is 0 Å². The average molecular weight is 509 g/mol. The zero-order valence-electron chi connectivity index (χ0n) is 20.0. The van der Waals surface area contributed by atoms with Crippen molar-refractivity contribution in [2.45, 2.75) is 63.7 Å². The second-order valence-electron chi connectivity index (χ2n) is 8.32. The third-order valence-electron chi connectivity index (χ3n) is 5.44. The number of carbonyl (C=O) groups is 6. The van der Waals surface area contributed by atoms with E-state index in [9.17, 15) is 39.0 Å². The number of hydrogen-bond donors (Lipinski definition) is 7. The summed E-state index contributed by atoms with van der Waals surface area (Å²) < 4.78 is 0. The summed E-state index contributed by atoms with van der Waals surface area (Å²) in [5, 5.41) is 34.4. The molecule has 5 unspecified atom stereocenters. The molecule has 0 spiro atoms. The van der Waals surface area contributed by atoms with Gasteiger partial charge in [0.25, 0.3) is 0 Å². The van der Waals surface area contributed by atoms with Crippen molar-refractivity contribution >= 4 is 35.6 Å². The Balaban J connectivity index is 3.14. The first-order valence-corrected chi connectivity index (χ1v) is 11.2. The standard InChI is InChI=1S/C23H32N4O9/c1-3-12(2)19(23(35)36)27-22(34)16(11-18(30)31)26-21(33)15(9-13-7-5-4-6-8-13)25-20(32)14(24)10-17(28)29/h4-8,12,14-16,19H,3,9-11,24H2,1-2H3,(H,25,32)(H,26,33)(H,27,34)(H,28,29)(H,30,31)(H,35,36). The molecule has 0 aliphatic carbocycles. The maximum absolute atomic E-state index is 13.1. The Bertz CT molecular complexity index is 954. The number of nitrogens with two attached hydrogens (primary N) is 1. The highest BCUT2D eigenvalue weighted by Gasteiger charge is 2.33. The van der Waals surface area contributed by atoms with Gasteiger partial charge in [-0.3, -0.25) is 24.0 Å². The summed E-state index contributed by atoms with van der Waals surface area (Å²) in [5.41, 5.74) is 6.18. The highest BCUT2D eigenvalue weighted by molar-refractivity contribution is 5.96. The van der Waals surface area contributed by atoms with Crippen molar-refractivity contribution in [3.63, 3.8) is 0 Å². The minimum atomic E-state index is -1.65. The van der Waals surface area contributed by atoms with Gasteiger partial charge in [-0.1, -0.05) is 50.6 Å². The van der Waals surface area contributed by atoms with Gasteiger partial charge in [-0.25, -0.2) is 4.79 Å². The maximum atomic E-state index is 13.1. The highest BCUT2D eigenvalue weighted by atomic mass is 16.4. The third kappa shape index (κ3) is 10.1. The first kappa shape index (κ1) is 30.0. The Hall–Kier alpha value is -4.00. The molecule has 0 bridgehead atoms. The monoisotopic (exact) mass is 508 g/mol. The van der Waals surface area contributed by atoms with Gasteiger partial charge in [0.2, 0.25) is 17.7 Å². The van der Waals surface area contributed by atoms with Crippen LogP contribution >= 0.6 is 0 Å². The number of nitrogens with one attached hydrogen (secondary N) is 3. The Morgan fingerprint density at radius 3 is 1.83 bits per heavy atom. The van der Waals surface area contributed by atoms with E-state index in [0.29, 0.717) is 12.0 Å². The van der Waals surface area contributed by atoms with Crippen molar-refractivity contribution in [1.82, 2.24) is 16.0 Å². The van der Waals surface area contributed by atoms with Crippen LogP contribution in [0.15, 0.2) is 30.3 Å². The van der Waals surface area contributed by atoms with Crippen LogP contribution in [0.3, 0.4) is 0 Å². The zero-order chi connectivity index (χ0) is 27.4. The van der Waals surface area contributed by atoms with E-state index in [1.165, 1.54) is 0 Å². The molecule has 5 atom stereocenters. The number of amides is 3. The van der Waals surface area contributed by atoms with Gasteiger partial charge < -0.3 is 37.0 Å². The quantitative estimate of drug-likeness (QED) is 0.154. The van der Waals surface area contributed by atoms with Crippen molar-refractivity contribution in [1.29, 1.82) is 0 Å². The second kappa shape index (κ2) is 14.4. The largest absolute Gasteiger partial charge is 0.481 e. The number of carbonyl (C=O) groups excluding carboxylic acids is 3. The number of carboxylic acids is 3. The molecular weight excluding hydrogens is 476 g/mol. The van der Waals surface area contributed by atoms with E-state index in [1.54, 1.807) is 44.2 Å². The van der Waals surface area contributed by atoms with Gasteiger partial charge >= 0.3 is 17.9 Å². The van der Waals surface area contributed by atoms with Crippen molar-refractivity contribution < 1.29 is 44.1 Å². The van der Waals surface area contributed by atoms with Crippen LogP contribution in [-0.2, 0) is 35.2 Å². The number of hydrogen-bond acceptors (Lipinski definition) is 7. The lowest BCUT2D eigenvalue weighted by molar-refractivity contribution is -0.144. The lowest BCUT2D eigenvalue weighted by Crippen LogP contribution is -2.58. The summed E-state index contributed by atoms with van der Waals surface area (Å²) in [4.78, 5) is 72.0. The van der Waals surface area contributed by atoms with E-state index >= 15 is 0 Å². The summed E-state index contributed by atoms with van der Waals surface area (Å²) in [5.74, 6) is -7.45. The van der Waals surface area contributed by atoms with Crippen LogP contribution < -0.4 is 21.7 Å². The molecule has 1 rings (SSSR count). The van der Waals surface area contributed by atoms with Gasteiger partial charge in [0.1, 0.15) is 18.1 Å². The van der Waals surface area contributed by atoms with Crippen LogP contribution in [0.5, 0.6) is 0 Å². The molecule has 0 saturated heterocycles. The van der Waals surface area contributed by atoms with Crippen LogP contribution in [-0.4, -0.2) is 75.1 Å². The highest BCUT2D eigenvalue weighted by Crippen LogP contribution is 2.10. The summed E-state index contributed by atoms with van der Waals surface area (Å²) in [7, 11) is 0. The van der Waals surface area contributed by atoms with Crippen LogP contribution in [0.25, 0.3) is 0 Å². The molecule has 0 radical (unpaired) electrons. The molecule has 3 amide bonds. The third-order valence-corrected chi connectivity index (χ3v) is 5.44. The van der Waals surface area contributed by atoms with Crippen molar-refractivity contribution in [2.24, 2.45) is 11.7 Å². The van der Waals surface area contributed by atoms with Crippen LogP contribution in [0.1, 0.15) is 38.7 Å². The van der Waals surface area contributed by atoms with E-state index in [4.69, 9.17) is 10.8 Å². The molecule has 0 aromatic heterocycles. The summed E-state index contributed by atoms with van der Waals surface area (Å²) in [6.45, 7) is 3.31. The van der Waals surface area contributed by atoms with Gasteiger partial charge in [0.05, 0.1) is 18.9 Å². The summed E-state index contributed by atoms with van der Waals surface area (Å²) in [6, 6.07) is 2.65. The van der Waals surface area contributed by atoms with E-state index in [2.05, 4.69) is 16.0 Å². The predicted molar refractivity (Wildman–Crippen MR) is 126 cm³/mol. The SMILES string of the molecule is CCC(C)C(NC(=O)C(CC(=O)O)NC(=O)C(Cc1ccccc1)NC(=O)C(N)CC(=O)O)C(=O)O.